The monoisotopic (exact) mass is 243 g/mol. The van der Waals surface area contributed by atoms with Crippen molar-refractivity contribution in [3.8, 4) is 0 Å². The van der Waals surface area contributed by atoms with Crippen LogP contribution in [0.25, 0.3) is 0 Å². The maximum Gasteiger partial charge on any atom is 0.326 e. The van der Waals surface area contributed by atoms with Gasteiger partial charge in [0.1, 0.15) is 6.04 Å². The van der Waals surface area contributed by atoms with Gasteiger partial charge < -0.3 is 10.4 Å². The molecule has 1 unspecified atom stereocenters. The number of carboxylic acids is 1. The molecule has 1 amide bonds. The van der Waals surface area contributed by atoms with E-state index < -0.39 is 12.0 Å². The zero-order valence-corrected chi connectivity index (χ0v) is 11.0. The van der Waals surface area contributed by atoms with Gasteiger partial charge >= 0.3 is 5.97 Å². The Balaban J connectivity index is 3.71. The minimum Gasteiger partial charge on any atom is -0.480 e. The number of carboxylic acid groups (broad SMARTS) is 1. The third-order valence-corrected chi connectivity index (χ3v) is 2.72. The van der Waals surface area contributed by atoms with Gasteiger partial charge in [-0.2, -0.15) is 0 Å². The van der Waals surface area contributed by atoms with Crippen molar-refractivity contribution < 1.29 is 14.7 Å². The van der Waals surface area contributed by atoms with Crippen molar-refractivity contribution >= 4 is 11.9 Å². The largest absolute Gasteiger partial charge is 0.480 e. The maximum atomic E-state index is 11.5. The van der Waals surface area contributed by atoms with Crippen LogP contribution in [0.2, 0.25) is 0 Å². The molecule has 0 spiro atoms. The molecule has 0 fully saturated rings. The molecule has 100 valence electrons. The number of amides is 1. The predicted molar refractivity (Wildman–Crippen MR) is 67.9 cm³/mol. The lowest BCUT2D eigenvalue weighted by atomic mass is 10.1. The highest BCUT2D eigenvalue weighted by Crippen LogP contribution is 2.05. The van der Waals surface area contributed by atoms with Crippen LogP contribution < -0.4 is 5.32 Å². The van der Waals surface area contributed by atoms with Crippen molar-refractivity contribution in [2.45, 2.75) is 71.3 Å². The molecule has 0 heterocycles. The van der Waals surface area contributed by atoms with Crippen LogP contribution >= 0.6 is 0 Å². The second-order valence-corrected chi connectivity index (χ2v) is 4.41. The van der Waals surface area contributed by atoms with Gasteiger partial charge in [-0.25, -0.2) is 4.79 Å². The first-order chi connectivity index (χ1) is 8.11. The first-order valence-corrected chi connectivity index (χ1v) is 6.64. The first kappa shape index (κ1) is 15.9. The molecular formula is C13H25NO3. The molecule has 0 saturated carbocycles. The Morgan fingerprint density at radius 2 is 1.71 bits per heavy atom. The van der Waals surface area contributed by atoms with Crippen LogP contribution in [-0.4, -0.2) is 23.0 Å². The van der Waals surface area contributed by atoms with Gasteiger partial charge in [0.15, 0.2) is 0 Å². The Morgan fingerprint density at radius 1 is 1.06 bits per heavy atom. The fourth-order valence-electron chi connectivity index (χ4n) is 1.70. The summed E-state index contributed by atoms with van der Waals surface area (Å²) in [6.07, 6.45) is 7.14. The van der Waals surface area contributed by atoms with E-state index in [0.29, 0.717) is 12.8 Å². The van der Waals surface area contributed by atoms with E-state index in [4.69, 9.17) is 5.11 Å². The molecule has 0 aromatic heterocycles. The maximum absolute atomic E-state index is 11.5. The third-order valence-electron chi connectivity index (χ3n) is 2.72. The van der Waals surface area contributed by atoms with Gasteiger partial charge in [-0.05, 0) is 12.8 Å². The molecular weight excluding hydrogens is 218 g/mol. The standard InChI is InChI=1S/C13H25NO3/c1-3-5-6-7-8-10-12(15)14-11(9-4-2)13(16)17/h11H,3-10H2,1-2H3,(H,14,15)(H,16,17). The van der Waals surface area contributed by atoms with Crippen LogP contribution in [0.5, 0.6) is 0 Å². The molecule has 2 N–H and O–H groups in total. The van der Waals surface area contributed by atoms with Gasteiger partial charge in [-0.1, -0.05) is 46.0 Å². The Kier molecular flexibility index (Phi) is 9.49. The highest BCUT2D eigenvalue weighted by Gasteiger charge is 2.17. The van der Waals surface area contributed by atoms with Gasteiger partial charge in [-0.15, -0.1) is 0 Å². The van der Waals surface area contributed by atoms with Crippen molar-refractivity contribution in [1.82, 2.24) is 5.32 Å². The predicted octanol–water partition coefficient (Wildman–Crippen LogP) is 2.72. The summed E-state index contributed by atoms with van der Waals surface area (Å²) in [6, 6.07) is -0.719. The minimum absolute atomic E-state index is 0.137. The lowest BCUT2D eigenvalue weighted by molar-refractivity contribution is -0.142. The summed E-state index contributed by atoms with van der Waals surface area (Å²) in [4.78, 5) is 22.3. The third kappa shape index (κ3) is 8.72. The summed E-state index contributed by atoms with van der Waals surface area (Å²) in [6.45, 7) is 4.06. The molecule has 4 nitrogen and oxygen atoms in total. The number of aliphatic carboxylic acids is 1. The normalized spacial score (nSPS) is 12.1. The molecule has 0 aliphatic heterocycles. The molecule has 17 heavy (non-hydrogen) atoms. The fraction of sp³-hybridized carbons (Fsp3) is 0.846. The quantitative estimate of drug-likeness (QED) is 0.580. The molecule has 0 radical (unpaired) electrons. The van der Waals surface area contributed by atoms with Crippen LogP contribution in [0.15, 0.2) is 0 Å². The molecule has 1 atom stereocenters. The molecule has 0 bridgehead atoms. The smallest absolute Gasteiger partial charge is 0.326 e. The van der Waals surface area contributed by atoms with Crippen LogP contribution in [-0.2, 0) is 9.59 Å². The topological polar surface area (TPSA) is 66.4 Å². The summed E-state index contributed by atoms with van der Waals surface area (Å²) in [5.74, 6) is -1.08. The summed E-state index contributed by atoms with van der Waals surface area (Å²) in [7, 11) is 0. The summed E-state index contributed by atoms with van der Waals surface area (Å²) in [5, 5.41) is 11.4. The van der Waals surface area contributed by atoms with E-state index in [2.05, 4.69) is 12.2 Å². The van der Waals surface area contributed by atoms with Gasteiger partial charge in [0.05, 0.1) is 0 Å². The van der Waals surface area contributed by atoms with Crippen LogP contribution in [0, 0.1) is 0 Å². The summed E-state index contributed by atoms with van der Waals surface area (Å²) < 4.78 is 0. The van der Waals surface area contributed by atoms with E-state index in [1.54, 1.807) is 0 Å². The molecule has 0 aliphatic rings. The van der Waals surface area contributed by atoms with Crippen molar-refractivity contribution in [2.75, 3.05) is 0 Å². The van der Waals surface area contributed by atoms with E-state index in [1.165, 1.54) is 12.8 Å². The highest BCUT2D eigenvalue weighted by atomic mass is 16.4. The van der Waals surface area contributed by atoms with E-state index in [1.807, 2.05) is 6.92 Å². The molecule has 4 heteroatoms. The molecule has 0 aromatic rings. The molecule has 0 saturated heterocycles. The second-order valence-electron chi connectivity index (χ2n) is 4.41. The van der Waals surface area contributed by atoms with Crippen LogP contribution in [0.4, 0.5) is 0 Å². The van der Waals surface area contributed by atoms with Crippen molar-refractivity contribution in [3.63, 3.8) is 0 Å². The van der Waals surface area contributed by atoms with E-state index in [-0.39, 0.29) is 5.91 Å². The SMILES string of the molecule is CCCCCCCC(=O)NC(CCC)C(=O)O. The number of carbonyl (C=O) groups excluding carboxylic acids is 1. The summed E-state index contributed by atoms with van der Waals surface area (Å²) >= 11 is 0. The zero-order valence-electron chi connectivity index (χ0n) is 11.0. The number of hydrogen-bond donors (Lipinski definition) is 2. The average Bonchev–Trinajstić information content (AvgIpc) is 2.28. The van der Waals surface area contributed by atoms with Crippen molar-refractivity contribution in [2.24, 2.45) is 0 Å². The number of rotatable bonds is 10. The van der Waals surface area contributed by atoms with E-state index in [9.17, 15) is 9.59 Å². The number of unbranched alkanes of at least 4 members (excludes halogenated alkanes) is 4. The van der Waals surface area contributed by atoms with Crippen LogP contribution in [0.3, 0.4) is 0 Å². The molecule has 0 aromatic carbocycles. The van der Waals surface area contributed by atoms with Gasteiger partial charge in [0, 0.05) is 6.42 Å². The highest BCUT2D eigenvalue weighted by molar-refractivity contribution is 5.83. The first-order valence-electron chi connectivity index (χ1n) is 6.64. The van der Waals surface area contributed by atoms with E-state index >= 15 is 0 Å². The van der Waals surface area contributed by atoms with Crippen molar-refractivity contribution in [3.05, 3.63) is 0 Å². The van der Waals surface area contributed by atoms with Gasteiger partial charge in [0.25, 0.3) is 0 Å². The second kappa shape index (κ2) is 10.1. The molecule has 0 aliphatic carbocycles. The lowest BCUT2D eigenvalue weighted by Gasteiger charge is -2.13. The zero-order chi connectivity index (χ0) is 13.1. The Labute approximate surface area is 104 Å². The van der Waals surface area contributed by atoms with Gasteiger partial charge in [-0.3, -0.25) is 4.79 Å². The van der Waals surface area contributed by atoms with Crippen molar-refractivity contribution in [1.29, 1.82) is 0 Å². The number of nitrogens with one attached hydrogen (secondary N) is 1. The lowest BCUT2D eigenvalue weighted by Crippen LogP contribution is -2.40. The average molecular weight is 243 g/mol. The number of hydrogen-bond acceptors (Lipinski definition) is 2. The summed E-state index contributed by atoms with van der Waals surface area (Å²) in [5.41, 5.74) is 0. The minimum atomic E-state index is -0.939. The Bertz CT molecular complexity index is 229. The number of carbonyl (C=O) groups is 2. The molecule has 0 rings (SSSR count). The van der Waals surface area contributed by atoms with Crippen LogP contribution in [0.1, 0.15) is 65.2 Å². The Morgan fingerprint density at radius 3 is 2.24 bits per heavy atom. The fourth-order valence-corrected chi connectivity index (χ4v) is 1.70. The Hall–Kier alpha value is -1.06. The van der Waals surface area contributed by atoms with Gasteiger partial charge in [0.2, 0.25) is 5.91 Å². The van der Waals surface area contributed by atoms with E-state index in [0.717, 1.165) is 25.7 Å².